The number of nitrogens with zero attached hydrogens (tertiary/aromatic N) is 2. The molecule has 6 rings (SSSR count). The first-order valence-corrected chi connectivity index (χ1v) is 18.3. The van der Waals surface area contributed by atoms with Crippen LogP contribution >= 0.6 is 0 Å². The van der Waals surface area contributed by atoms with Crippen LogP contribution < -0.4 is 4.74 Å². The van der Waals surface area contributed by atoms with E-state index in [9.17, 15) is 14.0 Å². The first kappa shape index (κ1) is 36.5. The van der Waals surface area contributed by atoms with Gasteiger partial charge in [0.25, 0.3) is 0 Å². The van der Waals surface area contributed by atoms with Crippen molar-refractivity contribution in [3.63, 3.8) is 0 Å². The summed E-state index contributed by atoms with van der Waals surface area (Å²) in [6.45, 7) is 11.9. The van der Waals surface area contributed by atoms with Gasteiger partial charge >= 0.3 is 5.97 Å². The Morgan fingerprint density at radius 1 is 0.827 bits per heavy atom. The van der Waals surface area contributed by atoms with Crippen molar-refractivity contribution in [2.24, 2.45) is 11.1 Å². The van der Waals surface area contributed by atoms with Gasteiger partial charge in [-0.2, -0.15) is 0 Å². The molecule has 7 heteroatoms. The molecule has 0 saturated carbocycles. The number of fused-ring (bicyclic) bond motifs is 5. The quantitative estimate of drug-likeness (QED) is 0.0491. The lowest BCUT2D eigenvalue weighted by molar-refractivity contribution is -0.140. The van der Waals surface area contributed by atoms with E-state index in [2.05, 4.69) is 73.0 Å². The van der Waals surface area contributed by atoms with Gasteiger partial charge in [0, 0.05) is 57.4 Å². The van der Waals surface area contributed by atoms with Crippen LogP contribution in [0.15, 0.2) is 90.1 Å². The Hall–Kier alpha value is -5.30. The Balaban J connectivity index is 1.67. The molecule has 6 nitrogen and oxygen atoms in total. The molecule has 1 unspecified atom stereocenters. The second-order valence-corrected chi connectivity index (χ2v) is 13.8. The van der Waals surface area contributed by atoms with Crippen molar-refractivity contribution >= 4 is 50.0 Å². The third-order valence-corrected chi connectivity index (χ3v) is 10.0. The Bertz CT molecular complexity index is 2300. The van der Waals surface area contributed by atoms with Crippen LogP contribution in [0.2, 0.25) is 0 Å². The summed E-state index contributed by atoms with van der Waals surface area (Å²) in [4.78, 5) is 31.9. The second kappa shape index (κ2) is 15.9. The second-order valence-electron chi connectivity index (χ2n) is 13.8. The van der Waals surface area contributed by atoms with Crippen LogP contribution in [0, 0.1) is 26.7 Å². The summed E-state index contributed by atoms with van der Waals surface area (Å²) in [5.74, 6) is 0.330. The Labute approximate surface area is 305 Å². The lowest BCUT2D eigenvalue weighted by atomic mass is 9.89. The predicted molar refractivity (Wildman–Crippen MR) is 210 cm³/mol. The maximum atomic E-state index is 14.7. The van der Waals surface area contributed by atoms with Crippen LogP contribution in [-0.2, 0) is 16.2 Å². The molecule has 52 heavy (non-hydrogen) atoms. The normalized spacial score (nSPS) is 12.5. The topological polar surface area (TPSA) is 69.9 Å². The van der Waals surface area contributed by atoms with Gasteiger partial charge in [-0.15, -0.1) is 0 Å². The van der Waals surface area contributed by atoms with Gasteiger partial charge in [0.1, 0.15) is 24.7 Å². The van der Waals surface area contributed by atoms with E-state index in [1.54, 1.807) is 12.1 Å². The van der Waals surface area contributed by atoms with E-state index in [1.165, 1.54) is 6.92 Å². The number of ketones is 1. The zero-order valence-corrected chi connectivity index (χ0v) is 31.0. The van der Waals surface area contributed by atoms with Crippen molar-refractivity contribution in [3.8, 4) is 5.75 Å². The van der Waals surface area contributed by atoms with Gasteiger partial charge in [-0.05, 0) is 80.0 Å². The Morgan fingerprint density at radius 2 is 1.54 bits per heavy atom. The highest BCUT2D eigenvalue weighted by Gasteiger charge is 2.24. The molecule has 0 radical (unpaired) electrons. The molecule has 0 bridgehead atoms. The smallest absolute Gasteiger partial charge is 0.332 e. The SMILES string of the molecule is CCCCC(CC)Cn1c2ccc(/C(=N/OC(C)=O)c3ccccc3OCCF)cc2c2cc(C(=O)c3c(C)cc(C)cc3C)c3ccccc3c21. The number of para-hydroxylation sites is 1. The van der Waals surface area contributed by atoms with E-state index in [-0.39, 0.29) is 12.4 Å². The summed E-state index contributed by atoms with van der Waals surface area (Å²) in [5, 5.41) is 8.16. The average molecular weight is 699 g/mol. The zero-order chi connectivity index (χ0) is 36.9. The number of aromatic nitrogens is 1. The maximum Gasteiger partial charge on any atom is 0.332 e. The van der Waals surface area contributed by atoms with Crippen molar-refractivity contribution in [3.05, 3.63) is 124 Å². The fourth-order valence-electron chi connectivity index (χ4n) is 7.64. The number of hydrogen-bond acceptors (Lipinski definition) is 5. The molecule has 0 N–H and O–H groups in total. The number of ether oxygens (including phenoxy) is 1. The van der Waals surface area contributed by atoms with Gasteiger partial charge in [-0.25, -0.2) is 9.18 Å². The van der Waals surface area contributed by atoms with Crippen LogP contribution in [0.5, 0.6) is 5.75 Å². The number of rotatable bonds is 14. The van der Waals surface area contributed by atoms with Crippen LogP contribution in [0.1, 0.15) is 90.2 Å². The van der Waals surface area contributed by atoms with E-state index < -0.39 is 12.6 Å². The molecule has 6 aromatic rings. The first-order valence-electron chi connectivity index (χ1n) is 18.3. The molecule has 0 aliphatic rings. The first-order chi connectivity index (χ1) is 25.2. The molecule has 0 saturated heterocycles. The van der Waals surface area contributed by atoms with Gasteiger partial charge < -0.3 is 14.1 Å². The molecule has 0 amide bonds. The molecule has 268 valence electrons. The predicted octanol–water partition coefficient (Wildman–Crippen LogP) is 11.0. The van der Waals surface area contributed by atoms with Crippen LogP contribution in [0.3, 0.4) is 0 Å². The minimum Gasteiger partial charge on any atom is -0.490 e. The van der Waals surface area contributed by atoms with E-state index in [4.69, 9.17) is 9.57 Å². The van der Waals surface area contributed by atoms with E-state index in [0.717, 1.165) is 87.1 Å². The lowest BCUT2D eigenvalue weighted by Gasteiger charge is -2.19. The van der Waals surface area contributed by atoms with Gasteiger partial charge in [-0.3, -0.25) is 4.79 Å². The number of carbonyl (C=O) groups is 2. The number of carbonyl (C=O) groups excluding carboxylic acids is 2. The number of halogens is 1. The fourth-order valence-corrected chi connectivity index (χ4v) is 7.64. The van der Waals surface area contributed by atoms with E-state index >= 15 is 0 Å². The average Bonchev–Trinajstić information content (AvgIpc) is 3.44. The minimum atomic E-state index is -0.649. The number of unbranched alkanes of at least 4 members (excludes halogenated alkanes) is 1. The number of oxime groups is 1. The third kappa shape index (κ3) is 7.22. The summed E-state index contributed by atoms with van der Waals surface area (Å²) < 4.78 is 21.4. The van der Waals surface area contributed by atoms with E-state index in [0.29, 0.717) is 34.1 Å². The van der Waals surface area contributed by atoms with Crippen molar-refractivity contribution in [2.75, 3.05) is 13.3 Å². The summed E-state index contributed by atoms with van der Waals surface area (Å²) in [6.07, 6.45) is 4.48. The highest BCUT2D eigenvalue weighted by atomic mass is 19.1. The molecule has 1 heterocycles. The molecule has 0 fully saturated rings. The van der Waals surface area contributed by atoms with Crippen LogP contribution in [-0.4, -0.2) is 35.3 Å². The fraction of sp³-hybridized carbons (Fsp3) is 0.311. The molecule has 0 aliphatic carbocycles. The maximum absolute atomic E-state index is 14.7. The lowest BCUT2D eigenvalue weighted by Crippen LogP contribution is -2.11. The molecule has 1 atom stereocenters. The highest BCUT2D eigenvalue weighted by Crippen LogP contribution is 2.39. The third-order valence-electron chi connectivity index (χ3n) is 10.0. The minimum absolute atomic E-state index is 0.00409. The van der Waals surface area contributed by atoms with Gasteiger partial charge in [-0.1, -0.05) is 98.4 Å². The Morgan fingerprint density at radius 3 is 2.23 bits per heavy atom. The van der Waals surface area contributed by atoms with Crippen molar-refractivity contribution < 1.29 is 23.6 Å². The summed E-state index contributed by atoms with van der Waals surface area (Å²) in [5.41, 5.74) is 8.17. The number of aryl methyl sites for hydroxylation is 3. The van der Waals surface area contributed by atoms with Crippen molar-refractivity contribution in [2.45, 2.75) is 73.8 Å². The van der Waals surface area contributed by atoms with Gasteiger partial charge in [0.05, 0.1) is 5.52 Å². The van der Waals surface area contributed by atoms with Crippen LogP contribution in [0.4, 0.5) is 4.39 Å². The summed E-state index contributed by atoms with van der Waals surface area (Å²) in [6, 6.07) is 27.8. The highest BCUT2D eigenvalue weighted by molar-refractivity contribution is 6.27. The Kier molecular flexibility index (Phi) is 11.2. The number of benzene rings is 5. The summed E-state index contributed by atoms with van der Waals surface area (Å²) in [7, 11) is 0. The van der Waals surface area contributed by atoms with Crippen molar-refractivity contribution in [1.29, 1.82) is 0 Å². The zero-order valence-electron chi connectivity index (χ0n) is 31.0. The molecule has 5 aromatic carbocycles. The van der Waals surface area contributed by atoms with Crippen LogP contribution in [0.25, 0.3) is 32.6 Å². The molecule has 0 aliphatic heterocycles. The van der Waals surface area contributed by atoms with Gasteiger partial charge in [0.15, 0.2) is 5.78 Å². The standard InChI is InChI=1S/C45H47FN2O4/c1-7-9-14-32(8-2)27-48-40-20-19-33(43(47-52-31(6)49)36-17-12-13-18-41(36)51-22-21-46)25-37(40)38-26-39(34-15-10-11-16-35(34)44(38)48)45(50)42-29(4)23-28(3)24-30(42)5/h10-13,15-20,23-26,32H,7-9,14,21-22,27H2,1-6H3/b47-43-. The molecular formula is C45H47FN2O4. The summed E-state index contributed by atoms with van der Waals surface area (Å²) >= 11 is 0. The van der Waals surface area contributed by atoms with E-state index in [1.807, 2.05) is 44.2 Å². The molecule has 0 spiro atoms. The molecular weight excluding hydrogens is 652 g/mol. The van der Waals surface area contributed by atoms with Crippen molar-refractivity contribution in [1.82, 2.24) is 4.57 Å². The van der Waals surface area contributed by atoms with Gasteiger partial charge in [0.2, 0.25) is 0 Å². The monoisotopic (exact) mass is 698 g/mol. The molecule has 1 aromatic heterocycles. The number of hydrogen-bond donors (Lipinski definition) is 0. The number of alkyl halides is 1. The largest absolute Gasteiger partial charge is 0.490 e.